The molecule has 0 saturated carbocycles. The smallest absolute Gasteiger partial charge is 0.266 e. The number of aromatic nitrogens is 2. The zero-order chi connectivity index (χ0) is 14.8. The number of aryl methyl sites for hydroxylation is 1. The van der Waals surface area contributed by atoms with Crippen LogP contribution in [0.25, 0.3) is 0 Å². The van der Waals surface area contributed by atoms with Gasteiger partial charge in [0.15, 0.2) is 5.82 Å². The van der Waals surface area contributed by atoms with E-state index in [1.54, 1.807) is 0 Å². The van der Waals surface area contributed by atoms with E-state index in [1.165, 1.54) is 17.7 Å². The van der Waals surface area contributed by atoms with E-state index >= 15 is 0 Å². The Morgan fingerprint density at radius 1 is 1.48 bits per heavy atom. The lowest BCUT2D eigenvalue weighted by Gasteiger charge is -2.27. The van der Waals surface area contributed by atoms with Crippen LogP contribution in [0.2, 0.25) is 5.02 Å². The Balaban J connectivity index is 1.92. The molecule has 0 aliphatic carbocycles. The lowest BCUT2D eigenvalue weighted by atomic mass is 10.1. The Hall–Kier alpha value is -1.40. The molecule has 2 aromatic rings. The third-order valence-electron chi connectivity index (χ3n) is 3.78. The predicted molar refractivity (Wildman–Crippen MR) is 80.6 cm³/mol. The average Bonchev–Trinajstić information content (AvgIpc) is 3.04. The molecule has 5 nitrogen and oxygen atoms in total. The van der Waals surface area contributed by atoms with Crippen molar-refractivity contribution in [2.75, 3.05) is 6.54 Å². The Kier molecular flexibility index (Phi) is 4.26. The molecule has 2 aromatic heterocycles. The van der Waals surface area contributed by atoms with Crippen molar-refractivity contribution < 1.29 is 9.32 Å². The van der Waals surface area contributed by atoms with Crippen molar-refractivity contribution in [2.45, 2.75) is 38.6 Å². The van der Waals surface area contributed by atoms with Crippen molar-refractivity contribution in [1.29, 1.82) is 0 Å². The molecular formula is C14H16ClN3O2S. The summed E-state index contributed by atoms with van der Waals surface area (Å²) in [6.07, 6.45) is 5.32. The minimum atomic E-state index is -0.128. The summed E-state index contributed by atoms with van der Waals surface area (Å²) in [5.74, 6) is 0.546. The highest BCUT2D eigenvalue weighted by Crippen LogP contribution is 2.34. The molecule has 1 atom stereocenters. The number of hydrogen-bond donors (Lipinski definition) is 0. The van der Waals surface area contributed by atoms with Gasteiger partial charge in [-0.15, -0.1) is 11.3 Å². The number of nitrogens with zero attached hydrogens (tertiary/aromatic N) is 3. The Morgan fingerprint density at radius 2 is 2.33 bits per heavy atom. The molecule has 1 saturated heterocycles. The van der Waals surface area contributed by atoms with Crippen LogP contribution in [0.4, 0.5) is 0 Å². The Morgan fingerprint density at radius 3 is 3.00 bits per heavy atom. The van der Waals surface area contributed by atoms with Gasteiger partial charge in [0.05, 0.1) is 11.1 Å². The first-order valence-corrected chi connectivity index (χ1v) is 8.25. The summed E-state index contributed by atoms with van der Waals surface area (Å²) in [5, 5.41) is 6.40. The molecule has 3 rings (SSSR count). The summed E-state index contributed by atoms with van der Waals surface area (Å²) in [7, 11) is 0. The van der Waals surface area contributed by atoms with E-state index in [0.717, 1.165) is 31.2 Å². The largest absolute Gasteiger partial charge is 0.343 e. The molecule has 0 bridgehead atoms. The average molecular weight is 326 g/mol. The fourth-order valence-electron chi connectivity index (χ4n) is 2.65. The van der Waals surface area contributed by atoms with Gasteiger partial charge in [0, 0.05) is 6.54 Å². The van der Waals surface area contributed by atoms with Crippen molar-refractivity contribution in [1.82, 2.24) is 15.0 Å². The number of hydrogen-bond acceptors (Lipinski definition) is 5. The molecule has 3 heterocycles. The van der Waals surface area contributed by atoms with Crippen molar-refractivity contribution in [3.05, 3.63) is 33.1 Å². The summed E-state index contributed by atoms with van der Waals surface area (Å²) in [6.45, 7) is 2.61. The van der Waals surface area contributed by atoms with Crippen LogP contribution in [0.3, 0.4) is 0 Å². The van der Waals surface area contributed by atoms with Gasteiger partial charge >= 0.3 is 0 Å². The maximum atomic E-state index is 12.9. The van der Waals surface area contributed by atoms with Gasteiger partial charge in [0.2, 0.25) is 6.39 Å². The summed E-state index contributed by atoms with van der Waals surface area (Å²) in [5.41, 5.74) is 0.941. The minimum absolute atomic E-state index is 0.0326. The van der Waals surface area contributed by atoms with E-state index in [9.17, 15) is 4.79 Å². The molecule has 0 aromatic carbocycles. The van der Waals surface area contributed by atoms with Gasteiger partial charge in [-0.25, -0.2) is 0 Å². The molecule has 1 unspecified atom stereocenters. The molecule has 112 valence electrons. The second kappa shape index (κ2) is 6.15. The maximum absolute atomic E-state index is 12.9. The quantitative estimate of drug-likeness (QED) is 0.841. The van der Waals surface area contributed by atoms with Crippen LogP contribution >= 0.6 is 22.9 Å². The van der Waals surface area contributed by atoms with Crippen molar-refractivity contribution in [3.8, 4) is 0 Å². The first-order valence-electron chi connectivity index (χ1n) is 6.99. The van der Waals surface area contributed by atoms with E-state index in [1.807, 2.05) is 17.2 Å². The summed E-state index contributed by atoms with van der Waals surface area (Å²) < 4.78 is 4.85. The molecule has 1 amide bonds. The van der Waals surface area contributed by atoms with Gasteiger partial charge in [-0.3, -0.25) is 4.79 Å². The third-order valence-corrected chi connectivity index (χ3v) is 5.47. The molecular weight excluding hydrogens is 310 g/mol. The van der Waals surface area contributed by atoms with E-state index in [4.69, 9.17) is 16.1 Å². The number of carbonyl (C=O) groups is 1. The van der Waals surface area contributed by atoms with Crippen LogP contribution < -0.4 is 0 Å². The SMILES string of the molecule is Cc1csc(C(=O)N2CCCCCC2c2ncon2)c1Cl. The van der Waals surface area contributed by atoms with E-state index in [0.29, 0.717) is 22.3 Å². The van der Waals surface area contributed by atoms with E-state index in [2.05, 4.69) is 10.1 Å². The monoisotopic (exact) mass is 325 g/mol. The van der Waals surface area contributed by atoms with Crippen molar-refractivity contribution >= 4 is 28.8 Å². The summed E-state index contributed by atoms with van der Waals surface area (Å²) in [6, 6.07) is -0.128. The standard InChI is InChI=1S/C14H16ClN3O2S/c1-9-7-21-12(11(9)15)14(19)18-6-4-2-3-5-10(18)13-16-8-20-17-13/h7-8,10H,2-6H2,1H3. The van der Waals surface area contributed by atoms with Crippen LogP contribution in [-0.4, -0.2) is 27.5 Å². The fraction of sp³-hybridized carbons (Fsp3) is 0.500. The number of carbonyl (C=O) groups excluding carboxylic acids is 1. The molecule has 1 aliphatic rings. The van der Waals surface area contributed by atoms with Crippen LogP contribution in [0.5, 0.6) is 0 Å². The molecule has 1 aliphatic heterocycles. The summed E-state index contributed by atoms with van der Waals surface area (Å²) >= 11 is 7.65. The van der Waals surface area contributed by atoms with E-state index in [-0.39, 0.29) is 11.9 Å². The molecule has 0 radical (unpaired) electrons. The number of thiophene rings is 1. The molecule has 0 N–H and O–H groups in total. The number of likely N-dealkylation sites (tertiary alicyclic amines) is 1. The third kappa shape index (κ3) is 2.82. The topological polar surface area (TPSA) is 59.2 Å². The normalized spacial score (nSPS) is 19.5. The van der Waals surface area contributed by atoms with Gasteiger partial charge in [-0.05, 0) is 30.7 Å². The van der Waals surface area contributed by atoms with Crippen LogP contribution in [0.1, 0.15) is 52.8 Å². The Labute approximate surface area is 131 Å². The summed E-state index contributed by atoms with van der Waals surface area (Å²) in [4.78, 5) is 19.4. The highest BCUT2D eigenvalue weighted by Gasteiger charge is 2.32. The molecule has 21 heavy (non-hydrogen) atoms. The van der Waals surface area contributed by atoms with Gasteiger partial charge in [-0.2, -0.15) is 4.98 Å². The van der Waals surface area contributed by atoms with Crippen LogP contribution in [-0.2, 0) is 0 Å². The molecule has 7 heteroatoms. The first kappa shape index (κ1) is 14.5. The number of amides is 1. The Bertz CT molecular complexity index is 626. The first-order chi connectivity index (χ1) is 10.2. The van der Waals surface area contributed by atoms with Gasteiger partial charge in [-0.1, -0.05) is 29.6 Å². The van der Waals surface area contributed by atoms with Gasteiger partial charge in [0.25, 0.3) is 5.91 Å². The number of rotatable bonds is 2. The number of halogens is 1. The molecule has 1 fully saturated rings. The zero-order valence-corrected chi connectivity index (χ0v) is 13.3. The van der Waals surface area contributed by atoms with Crippen molar-refractivity contribution in [3.63, 3.8) is 0 Å². The second-order valence-electron chi connectivity index (χ2n) is 5.21. The highest BCUT2D eigenvalue weighted by molar-refractivity contribution is 7.13. The lowest BCUT2D eigenvalue weighted by Crippen LogP contribution is -2.35. The fourth-order valence-corrected chi connectivity index (χ4v) is 3.88. The lowest BCUT2D eigenvalue weighted by molar-refractivity contribution is 0.0675. The van der Waals surface area contributed by atoms with E-state index < -0.39 is 0 Å². The minimum Gasteiger partial charge on any atom is -0.343 e. The highest BCUT2D eigenvalue weighted by atomic mass is 35.5. The second-order valence-corrected chi connectivity index (χ2v) is 6.47. The molecule has 0 spiro atoms. The zero-order valence-electron chi connectivity index (χ0n) is 11.7. The van der Waals surface area contributed by atoms with Crippen LogP contribution in [0.15, 0.2) is 16.3 Å². The van der Waals surface area contributed by atoms with Crippen molar-refractivity contribution in [2.24, 2.45) is 0 Å². The maximum Gasteiger partial charge on any atom is 0.266 e. The van der Waals surface area contributed by atoms with Crippen LogP contribution in [0, 0.1) is 6.92 Å². The van der Waals surface area contributed by atoms with Gasteiger partial charge < -0.3 is 9.42 Å². The van der Waals surface area contributed by atoms with Gasteiger partial charge in [0.1, 0.15) is 4.88 Å². The predicted octanol–water partition coefficient (Wildman–Crippen LogP) is 3.85.